The number of hydrogen-bond acceptors (Lipinski definition) is 6. The van der Waals surface area contributed by atoms with Crippen LogP contribution in [0.2, 0.25) is 0 Å². The summed E-state index contributed by atoms with van der Waals surface area (Å²) in [7, 11) is 0. The van der Waals surface area contributed by atoms with Crippen LogP contribution in [0.5, 0.6) is 0 Å². The molecular formula is C24H45O6Tl. The minimum atomic E-state index is -4.12. The zero-order valence-corrected chi connectivity index (χ0v) is 25.2. The first-order valence-electron chi connectivity index (χ1n) is 12.2. The third-order valence-electron chi connectivity index (χ3n) is 4.92. The third-order valence-corrected chi connectivity index (χ3v) is 10.2. The van der Waals surface area contributed by atoms with E-state index in [1.54, 1.807) is 0 Å². The molecule has 0 amide bonds. The zero-order chi connectivity index (χ0) is 23.6. The Morgan fingerprint density at radius 2 is 0.774 bits per heavy atom. The zero-order valence-electron chi connectivity index (χ0n) is 20.7. The van der Waals surface area contributed by atoms with Gasteiger partial charge in [0.25, 0.3) is 0 Å². The van der Waals surface area contributed by atoms with Gasteiger partial charge in [0.15, 0.2) is 0 Å². The molecule has 0 fully saturated rings. The molecule has 0 atom stereocenters. The number of unbranched alkanes of at least 4 members (excludes halogenated alkanes) is 3. The molecule has 180 valence electrons. The predicted molar refractivity (Wildman–Crippen MR) is 124 cm³/mol. The first kappa shape index (κ1) is 30.3. The second-order valence-electron chi connectivity index (χ2n) is 9.68. The van der Waals surface area contributed by atoms with E-state index in [1.807, 2.05) is 0 Å². The molecule has 0 aromatic rings. The SMILES string of the molecule is CC(C)CCCCC(=O)[O][Tl]([O]C(=O)CCCCC(C)C)[O]C(=O)CCCCC(C)C. The van der Waals surface area contributed by atoms with Gasteiger partial charge in [-0.05, 0) is 0 Å². The van der Waals surface area contributed by atoms with Crippen LogP contribution in [-0.4, -0.2) is 42.0 Å². The van der Waals surface area contributed by atoms with Crippen LogP contribution in [-0.2, 0) is 22.4 Å². The normalized spacial score (nSPS) is 11.1. The molecule has 0 spiro atoms. The van der Waals surface area contributed by atoms with Gasteiger partial charge in [-0.15, -0.1) is 0 Å². The summed E-state index contributed by atoms with van der Waals surface area (Å²) in [5.41, 5.74) is 0. The molecule has 31 heavy (non-hydrogen) atoms. The third kappa shape index (κ3) is 21.0. The maximum absolute atomic E-state index is 12.2. The van der Waals surface area contributed by atoms with Crippen molar-refractivity contribution in [1.82, 2.24) is 0 Å². The topological polar surface area (TPSA) is 78.9 Å². The Hall–Kier alpha value is -0.668. The minimum absolute atomic E-state index is 0.265. The predicted octanol–water partition coefficient (Wildman–Crippen LogP) is 6.25. The molecule has 6 nitrogen and oxygen atoms in total. The number of rotatable bonds is 18. The van der Waals surface area contributed by atoms with E-state index >= 15 is 0 Å². The van der Waals surface area contributed by atoms with Gasteiger partial charge in [-0.3, -0.25) is 0 Å². The molecule has 0 rings (SSSR count). The van der Waals surface area contributed by atoms with E-state index in [0.29, 0.717) is 17.8 Å². The van der Waals surface area contributed by atoms with Crippen LogP contribution in [0.3, 0.4) is 0 Å². The molecule has 0 aliphatic heterocycles. The van der Waals surface area contributed by atoms with E-state index < -0.39 is 42.0 Å². The Balaban J connectivity index is 4.53. The Morgan fingerprint density at radius 3 is 1.00 bits per heavy atom. The standard InChI is InChI=1S/3C8H16O2.Tl/c3*1-7(2)5-3-4-6-8(9)10;/h3*7H,3-6H2,1-2H3,(H,9,10);/q;;;+3/p-3. The Kier molecular flexibility index (Phi) is 18.5. The Morgan fingerprint density at radius 1 is 0.516 bits per heavy atom. The van der Waals surface area contributed by atoms with Crippen molar-refractivity contribution < 1.29 is 22.4 Å². The molecule has 0 heterocycles. The van der Waals surface area contributed by atoms with Crippen LogP contribution in [0, 0.1) is 17.8 Å². The van der Waals surface area contributed by atoms with Gasteiger partial charge in [0.1, 0.15) is 0 Å². The van der Waals surface area contributed by atoms with Crippen molar-refractivity contribution in [3.63, 3.8) is 0 Å². The molecule has 0 bridgehead atoms. The quantitative estimate of drug-likeness (QED) is 0.131. The summed E-state index contributed by atoms with van der Waals surface area (Å²) in [4.78, 5) is 36.5. The van der Waals surface area contributed by atoms with Gasteiger partial charge < -0.3 is 0 Å². The van der Waals surface area contributed by atoms with Crippen LogP contribution in [0.25, 0.3) is 0 Å². The van der Waals surface area contributed by atoms with Crippen LogP contribution < -0.4 is 0 Å². The molecule has 7 heteroatoms. The van der Waals surface area contributed by atoms with Crippen molar-refractivity contribution >= 4 is 42.0 Å². The van der Waals surface area contributed by atoms with Crippen LogP contribution in [0.1, 0.15) is 119 Å². The Labute approximate surface area is 200 Å². The molecular weight excluding hydrogens is 589 g/mol. The van der Waals surface area contributed by atoms with Crippen LogP contribution in [0.4, 0.5) is 0 Å². The average molecular weight is 634 g/mol. The molecule has 0 N–H and O–H groups in total. The summed E-state index contributed by atoms with van der Waals surface area (Å²) in [6.45, 7) is 12.9. The summed E-state index contributed by atoms with van der Waals surface area (Å²) in [6, 6.07) is 0. The first-order valence-corrected chi connectivity index (χ1v) is 17.7. The van der Waals surface area contributed by atoms with Gasteiger partial charge in [0.05, 0.1) is 0 Å². The summed E-state index contributed by atoms with van der Waals surface area (Å²) >= 11 is -4.12. The summed E-state index contributed by atoms with van der Waals surface area (Å²) in [5.74, 6) is 0.521. The van der Waals surface area contributed by atoms with E-state index in [-0.39, 0.29) is 19.3 Å². The molecule has 0 radical (unpaired) electrons. The summed E-state index contributed by atoms with van der Waals surface area (Å²) in [6.07, 6.45) is 8.97. The van der Waals surface area contributed by atoms with Gasteiger partial charge >= 0.3 is 201 Å². The van der Waals surface area contributed by atoms with Crippen molar-refractivity contribution in [1.29, 1.82) is 0 Å². The van der Waals surface area contributed by atoms with E-state index in [1.165, 1.54) is 0 Å². The maximum atomic E-state index is 12.2. The van der Waals surface area contributed by atoms with Crippen LogP contribution >= 0.6 is 0 Å². The average Bonchev–Trinajstić information content (AvgIpc) is 2.65. The molecule has 0 saturated heterocycles. The Bertz CT molecular complexity index is 433. The fraction of sp³-hybridized carbons (Fsp3) is 0.875. The molecule has 0 saturated carbocycles. The molecule has 0 aromatic heterocycles. The summed E-state index contributed by atoms with van der Waals surface area (Å²) in [5, 5.41) is 0. The van der Waals surface area contributed by atoms with E-state index in [2.05, 4.69) is 41.5 Å². The second-order valence-corrected chi connectivity index (χ2v) is 14.7. The van der Waals surface area contributed by atoms with Gasteiger partial charge in [0, 0.05) is 0 Å². The van der Waals surface area contributed by atoms with Gasteiger partial charge in [-0.25, -0.2) is 0 Å². The molecule has 0 aliphatic rings. The first-order chi connectivity index (χ1) is 14.6. The fourth-order valence-corrected chi connectivity index (χ4v) is 7.48. The van der Waals surface area contributed by atoms with Crippen molar-refractivity contribution in [2.75, 3.05) is 0 Å². The van der Waals surface area contributed by atoms with E-state index in [0.717, 1.165) is 57.8 Å². The van der Waals surface area contributed by atoms with E-state index in [4.69, 9.17) is 8.06 Å². The monoisotopic (exact) mass is 634 g/mol. The molecule has 0 unspecified atom stereocenters. The second kappa shape index (κ2) is 18.9. The van der Waals surface area contributed by atoms with Crippen LogP contribution in [0.15, 0.2) is 0 Å². The van der Waals surface area contributed by atoms with Gasteiger partial charge in [0.2, 0.25) is 0 Å². The van der Waals surface area contributed by atoms with E-state index in [9.17, 15) is 14.4 Å². The number of carbonyl (C=O) groups excluding carboxylic acids is 3. The molecule has 0 aromatic carbocycles. The summed E-state index contributed by atoms with van der Waals surface area (Å²) < 4.78 is 16.2. The van der Waals surface area contributed by atoms with Crippen molar-refractivity contribution in [3.8, 4) is 0 Å². The van der Waals surface area contributed by atoms with Gasteiger partial charge in [-0.2, -0.15) is 0 Å². The van der Waals surface area contributed by atoms with Crippen molar-refractivity contribution in [3.05, 3.63) is 0 Å². The molecule has 0 aliphatic carbocycles. The fourth-order valence-electron chi connectivity index (χ4n) is 3.04. The van der Waals surface area contributed by atoms with Crippen molar-refractivity contribution in [2.45, 2.75) is 119 Å². The van der Waals surface area contributed by atoms with Gasteiger partial charge in [-0.1, -0.05) is 0 Å². The number of hydrogen-bond donors (Lipinski definition) is 0. The number of carbonyl (C=O) groups is 3. The van der Waals surface area contributed by atoms with Crippen molar-refractivity contribution in [2.24, 2.45) is 17.8 Å².